The molecule has 38 heavy (non-hydrogen) atoms. The van der Waals surface area contributed by atoms with Crippen molar-refractivity contribution in [1.82, 2.24) is 9.80 Å². The van der Waals surface area contributed by atoms with E-state index in [-0.39, 0.29) is 17.8 Å². The summed E-state index contributed by atoms with van der Waals surface area (Å²) in [5, 5.41) is 0. The molecule has 4 aromatic carbocycles. The Balaban J connectivity index is 1.38. The molecule has 0 radical (unpaired) electrons. The van der Waals surface area contributed by atoms with Crippen LogP contribution in [0.15, 0.2) is 103 Å². The molecular formula is C33H33FN2O2. The number of fused-ring (bicyclic) bond motifs is 1. The van der Waals surface area contributed by atoms with Crippen LogP contribution in [-0.4, -0.2) is 35.4 Å². The van der Waals surface area contributed by atoms with E-state index in [4.69, 9.17) is 4.74 Å². The highest BCUT2D eigenvalue weighted by molar-refractivity contribution is 5.80. The van der Waals surface area contributed by atoms with Gasteiger partial charge in [0, 0.05) is 32.2 Å². The van der Waals surface area contributed by atoms with E-state index < -0.39 is 6.10 Å². The van der Waals surface area contributed by atoms with Gasteiger partial charge >= 0.3 is 0 Å². The van der Waals surface area contributed by atoms with E-state index in [9.17, 15) is 9.18 Å². The van der Waals surface area contributed by atoms with Gasteiger partial charge in [0.2, 0.25) is 0 Å². The molecule has 4 nitrogen and oxygen atoms in total. The van der Waals surface area contributed by atoms with Crippen molar-refractivity contribution in [3.8, 4) is 5.75 Å². The van der Waals surface area contributed by atoms with Gasteiger partial charge in [-0.1, -0.05) is 84.9 Å². The standard InChI is InChI=1S/C33H33FN2O2/c1-24(33(37)35(2)22-25-11-5-3-6-12-25)38-29-18-17-26-19-20-36(23-28-15-9-10-16-31(28)34)32(30(26)21-29)27-13-7-4-8-14-27/h3-18,21,24,32H,19-20,22-23H2,1-2H3. The van der Waals surface area contributed by atoms with Crippen LogP contribution < -0.4 is 4.74 Å². The second-order valence-corrected chi connectivity index (χ2v) is 9.93. The average Bonchev–Trinajstić information content (AvgIpc) is 2.94. The summed E-state index contributed by atoms with van der Waals surface area (Å²) in [5.74, 6) is 0.396. The molecule has 2 unspecified atom stereocenters. The van der Waals surface area contributed by atoms with Gasteiger partial charge in [-0.15, -0.1) is 0 Å². The predicted molar refractivity (Wildman–Crippen MR) is 148 cm³/mol. The van der Waals surface area contributed by atoms with E-state index in [0.29, 0.717) is 24.4 Å². The van der Waals surface area contributed by atoms with Crippen LogP contribution in [0.3, 0.4) is 0 Å². The lowest BCUT2D eigenvalue weighted by molar-refractivity contribution is -0.137. The molecule has 0 spiro atoms. The highest BCUT2D eigenvalue weighted by atomic mass is 19.1. The maximum atomic E-state index is 14.6. The molecule has 0 aliphatic carbocycles. The molecular weight excluding hydrogens is 475 g/mol. The molecule has 5 rings (SSSR count). The highest BCUT2D eigenvalue weighted by Crippen LogP contribution is 2.38. The molecule has 0 saturated heterocycles. The van der Waals surface area contributed by atoms with Crippen molar-refractivity contribution in [2.75, 3.05) is 13.6 Å². The van der Waals surface area contributed by atoms with E-state index in [2.05, 4.69) is 29.2 Å². The van der Waals surface area contributed by atoms with Crippen LogP contribution >= 0.6 is 0 Å². The van der Waals surface area contributed by atoms with Crippen LogP contribution in [0.4, 0.5) is 4.39 Å². The normalized spacial score (nSPS) is 15.9. The number of carbonyl (C=O) groups is 1. The molecule has 0 N–H and O–H groups in total. The summed E-state index contributed by atoms with van der Waals surface area (Å²) in [6.07, 6.45) is 0.233. The number of nitrogens with zero attached hydrogens (tertiary/aromatic N) is 2. The van der Waals surface area contributed by atoms with Gasteiger partial charge in [-0.2, -0.15) is 0 Å². The lowest BCUT2D eigenvalue weighted by Gasteiger charge is -2.38. The first-order chi connectivity index (χ1) is 18.5. The topological polar surface area (TPSA) is 32.8 Å². The van der Waals surface area contributed by atoms with Crippen molar-refractivity contribution in [2.24, 2.45) is 0 Å². The number of halogens is 1. The number of hydrogen-bond acceptors (Lipinski definition) is 3. The summed E-state index contributed by atoms with van der Waals surface area (Å²) in [6.45, 7) is 3.65. The first-order valence-corrected chi connectivity index (χ1v) is 13.1. The maximum Gasteiger partial charge on any atom is 0.263 e. The molecule has 194 valence electrons. The minimum atomic E-state index is -0.630. The van der Waals surface area contributed by atoms with Gasteiger partial charge in [0.05, 0.1) is 6.04 Å². The zero-order chi connectivity index (χ0) is 26.5. The molecule has 4 aromatic rings. The molecule has 0 bridgehead atoms. The summed E-state index contributed by atoms with van der Waals surface area (Å²) >= 11 is 0. The van der Waals surface area contributed by atoms with Gasteiger partial charge in [0.25, 0.3) is 5.91 Å². The lowest BCUT2D eigenvalue weighted by Crippen LogP contribution is -2.38. The Bertz CT molecular complexity index is 1380. The fraction of sp³-hybridized carbons (Fsp3) is 0.242. The van der Waals surface area contributed by atoms with E-state index in [0.717, 1.165) is 29.7 Å². The number of likely N-dealkylation sites (N-methyl/N-ethyl adjacent to an activating group) is 1. The SMILES string of the molecule is CC(Oc1ccc2c(c1)C(c1ccccc1)N(Cc1ccccc1F)CC2)C(=O)N(C)Cc1ccccc1. The van der Waals surface area contributed by atoms with E-state index in [1.54, 1.807) is 24.9 Å². The number of benzene rings is 4. The number of hydrogen-bond donors (Lipinski definition) is 0. The number of rotatable bonds is 8. The van der Waals surface area contributed by atoms with Crippen LogP contribution in [0.25, 0.3) is 0 Å². The molecule has 2 atom stereocenters. The van der Waals surface area contributed by atoms with Crippen LogP contribution in [-0.2, 0) is 24.3 Å². The number of amides is 1. The van der Waals surface area contributed by atoms with Crippen molar-refractivity contribution in [3.63, 3.8) is 0 Å². The smallest absolute Gasteiger partial charge is 0.263 e. The second-order valence-electron chi connectivity index (χ2n) is 9.93. The van der Waals surface area contributed by atoms with Crippen LogP contribution in [0.2, 0.25) is 0 Å². The molecule has 0 aromatic heterocycles. The monoisotopic (exact) mass is 508 g/mol. The van der Waals surface area contributed by atoms with Gasteiger partial charge in [0.15, 0.2) is 6.10 Å². The first-order valence-electron chi connectivity index (χ1n) is 13.1. The molecule has 1 aliphatic heterocycles. The Morgan fingerprint density at radius 2 is 1.66 bits per heavy atom. The fourth-order valence-corrected chi connectivity index (χ4v) is 5.26. The van der Waals surface area contributed by atoms with Crippen molar-refractivity contribution < 1.29 is 13.9 Å². The van der Waals surface area contributed by atoms with Gasteiger partial charge < -0.3 is 9.64 Å². The Morgan fingerprint density at radius 1 is 0.974 bits per heavy atom. The van der Waals surface area contributed by atoms with Crippen molar-refractivity contribution in [3.05, 3.63) is 137 Å². The highest BCUT2D eigenvalue weighted by Gasteiger charge is 2.30. The Labute approximate surface area is 224 Å². The van der Waals surface area contributed by atoms with Crippen molar-refractivity contribution in [1.29, 1.82) is 0 Å². The summed E-state index contributed by atoms with van der Waals surface area (Å²) in [5.41, 5.74) is 5.29. The van der Waals surface area contributed by atoms with Gasteiger partial charge in [-0.25, -0.2) is 4.39 Å². The maximum absolute atomic E-state index is 14.6. The van der Waals surface area contributed by atoms with E-state index in [1.807, 2.05) is 66.7 Å². The zero-order valence-electron chi connectivity index (χ0n) is 21.9. The molecule has 0 saturated carbocycles. The van der Waals surface area contributed by atoms with Crippen LogP contribution in [0.1, 0.15) is 40.8 Å². The average molecular weight is 509 g/mol. The Hall–Kier alpha value is -3.96. The van der Waals surface area contributed by atoms with Gasteiger partial charge in [0.1, 0.15) is 11.6 Å². The summed E-state index contributed by atoms with van der Waals surface area (Å²) in [7, 11) is 1.80. The summed E-state index contributed by atoms with van der Waals surface area (Å²) in [4.78, 5) is 17.1. The largest absolute Gasteiger partial charge is 0.481 e. The number of carbonyl (C=O) groups excluding carboxylic acids is 1. The van der Waals surface area contributed by atoms with Crippen LogP contribution in [0.5, 0.6) is 5.75 Å². The summed E-state index contributed by atoms with van der Waals surface area (Å²) in [6, 6.07) is 33.3. The second kappa shape index (κ2) is 11.6. The third-order valence-electron chi connectivity index (χ3n) is 7.19. The first kappa shape index (κ1) is 25.7. The fourth-order valence-electron chi connectivity index (χ4n) is 5.26. The molecule has 1 heterocycles. The molecule has 5 heteroatoms. The predicted octanol–water partition coefficient (Wildman–Crippen LogP) is 6.40. The molecule has 0 fully saturated rings. The Kier molecular flexibility index (Phi) is 7.85. The third-order valence-corrected chi connectivity index (χ3v) is 7.19. The lowest BCUT2D eigenvalue weighted by atomic mass is 9.87. The van der Waals surface area contributed by atoms with E-state index in [1.165, 1.54) is 11.6 Å². The van der Waals surface area contributed by atoms with Crippen molar-refractivity contribution >= 4 is 5.91 Å². The third kappa shape index (κ3) is 5.79. The molecule has 1 amide bonds. The van der Waals surface area contributed by atoms with Crippen molar-refractivity contribution in [2.45, 2.75) is 38.6 Å². The Morgan fingerprint density at radius 3 is 2.39 bits per heavy atom. The minimum Gasteiger partial charge on any atom is -0.481 e. The molecule has 1 aliphatic rings. The van der Waals surface area contributed by atoms with Gasteiger partial charge in [-0.05, 0) is 53.8 Å². The quantitative estimate of drug-likeness (QED) is 0.276. The zero-order valence-corrected chi connectivity index (χ0v) is 21.9. The van der Waals surface area contributed by atoms with E-state index >= 15 is 0 Å². The minimum absolute atomic E-state index is 0.0464. The van der Waals surface area contributed by atoms with Crippen LogP contribution in [0, 0.1) is 5.82 Å². The number of ether oxygens (including phenoxy) is 1. The summed E-state index contributed by atoms with van der Waals surface area (Å²) < 4.78 is 20.8. The van der Waals surface area contributed by atoms with Gasteiger partial charge in [-0.3, -0.25) is 9.69 Å².